The summed E-state index contributed by atoms with van der Waals surface area (Å²) >= 11 is 1.54. The topological polar surface area (TPSA) is 59.5 Å². The zero-order chi connectivity index (χ0) is 18.0. The first-order valence-electron chi connectivity index (χ1n) is 8.03. The van der Waals surface area contributed by atoms with Crippen molar-refractivity contribution in [1.82, 2.24) is 9.88 Å². The van der Waals surface area contributed by atoms with E-state index >= 15 is 0 Å². The first kappa shape index (κ1) is 17.4. The second kappa shape index (κ2) is 6.80. The van der Waals surface area contributed by atoms with Gasteiger partial charge in [0.2, 0.25) is 0 Å². The van der Waals surface area contributed by atoms with Crippen molar-refractivity contribution in [1.29, 1.82) is 0 Å². The van der Waals surface area contributed by atoms with Gasteiger partial charge in [0.1, 0.15) is 10.6 Å². The Morgan fingerprint density at radius 1 is 1.32 bits per heavy atom. The molecule has 0 radical (unpaired) electrons. The van der Waals surface area contributed by atoms with Crippen molar-refractivity contribution in [3.05, 3.63) is 53.2 Å². The highest BCUT2D eigenvalue weighted by Gasteiger charge is 2.33. The van der Waals surface area contributed by atoms with E-state index in [0.717, 1.165) is 16.3 Å². The molecule has 6 heteroatoms. The van der Waals surface area contributed by atoms with Crippen LogP contribution >= 0.6 is 11.3 Å². The predicted octanol–water partition coefficient (Wildman–Crippen LogP) is 3.42. The summed E-state index contributed by atoms with van der Waals surface area (Å²) in [6.45, 7) is 3.97. The average molecular weight is 356 g/mol. The van der Waals surface area contributed by atoms with Crippen molar-refractivity contribution in [3.63, 3.8) is 0 Å². The maximum atomic E-state index is 12.6. The summed E-state index contributed by atoms with van der Waals surface area (Å²) in [5.41, 5.74) is 1.21. The van der Waals surface area contributed by atoms with Crippen LogP contribution < -0.4 is 0 Å². The van der Waals surface area contributed by atoms with Crippen LogP contribution in [0.2, 0.25) is 0 Å². The van der Waals surface area contributed by atoms with Crippen LogP contribution in [-0.2, 0) is 20.9 Å². The van der Waals surface area contributed by atoms with Gasteiger partial charge in [-0.25, -0.2) is 4.98 Å². The Balaban J connectivity index is 1.70. The molecule has 3 rings (SSSR count). The molecule has 25 heavy (non-hydrogen) atoms. The highest BCUT2D eigenvalue weighted by atomic mass is 32.1. The first-order valence-corrected chi connectivity index (χ1v) is 8.91. The quantitative estimate of drug-likeness (QED) is 0.842. The molecule has 1 amide bonds. The summed E-state index contributed by atoms with van der Waals surface area (Å²) < 4.78 is 5.67. The van der Waals surface area contributed by atoms with Crippen molar-refractivity contribution < 1.29 is 14.3 Å². The lowest BCUT2D eigenvalue weighted by molar-refractivity contribution is -0.137. The predicted molar refractivity (Wildman–Crippen MR) is 96.9 cm³/mol. The largest absolute Gasteiger partial charge is 0.481 e. The van der Waals surface area contributed by atoms with E-state index in [1.54, 1.807) is 32.2 Å². The number of nitrogens with zero attached hydrogens (tertiary/aromatic N) is 2. The van der Waals surface area contributed by atoms with E-state index in [4.69, 9.17) is 4.74 Å². The molecular weight excluding hydrogens is 336 g/mol. The molecule has 0 aliphatic carbocycles. The van der Waals surface area contributed by atoms with Gasteiger partial charge >= 0.3 is 0 Å². The Kier molecular flexibility index (Phi) is 4.72. The molecule has 0 saturated heterocycles. The SMILES string of the molecule is CN(Cc1csc(-c2ccccc2)n1)C(=O)C1=CC(=O)CC(C)(C)O1. The molecular formula is C19H20N2O3S. The van der Waals surface area contributed by atoms with E-state index in [1.165, 1.54) is 11.0 Å². The molecule has 0 N–H and O–H groups in total. The van der Waals surface area contributed by atoms with Crippen molar-refractivity contribution in [3.8, 4) is 10.6 Å². The summed E-state index contributed by atoms with van der Waals surface area (Å²) in [5.74, 6) is -0.300. The number of rotatable bonds is 4. The van der Waals surface area contributed by atoms with Crippen LogP contribution in [0.3, 0.4) is 0 Å². The number of aromatic nitrogens is 1. The van der Waals surface area contributed by atoms with Gasteiger partial charge in [0.15, 0.2) is 11.5 Å². The summed E-state index contributed by atoms with van der Waals surface area (Å²) in [5, 5.41) is 2.86. The van der Waals surface area contributed by atoms with Crippen LogP contribution in [0.1, 0.15) is 26.0 Å². The van der Waals surface area contributed by atoms with E-state index in [9.17, 15) is 9.59 Å². The molecule has 0 saturated carbocycles. The number of carbonyl (C=O) groups is 2. The fourth-order valence-corrected chi connectivity index (χ4v) is 3.50. The van der Waals surface area contributed by atoms with Crippen molar-refractivity contribution in [2.45, 2.75) is 32.4 Å². The summed E-state index contributed by atoms with van der Waals surface area (Å²) in [6, 6.07) is 9.91. The van der Waals surface area contributed by atoms with Crippen LogP contribution in [0, 0.1) is 0 Å². The molecule has 0 atom stereocenters. The Morgan fingerprint density at radius 2 is 2.04 bits per heavy atom. The van der Waals surface area contributed by atoms with Gasteiger partial charge in [-0.3, -0.25) is 9.59 Å². The molecule has 5 nitrogen and oxygen atoms in total. The lowest BCUT2D eigenvalue weighted by Crippen LogP contribution is -2.37. The number of ketones is 1. The fraction of sp³-hybridized carbons (Fsp3) is 0.316. The monoisotopic (exact) mass is 356 g/mol. The third-order valence-corrected chi connectivity index (χ3v) is 4.75. The van der Waals surface area contributed by atoms with Gasteiger partial charge < -0.3 is 9.64 Å². The van der Waals surface area contributed by atoms with E-state index in [-0.39, 0.29) is 23.9 Å². The van der Waals surface area contributed by atoms with E-state index < -0.39 is 5.60 Å². The number of hydrogen-bond donors (Lipinski definition) is 0. The van der Waals surface area contributed by atoms with Gasteiger partial charge in [-0.2, -0.15) is 0 Å². The Morgan fingerprint density at radius 3 is 2.72 bits per heavy atom. The molecule has 0 fully saturated rings. The van der Waals surface area contributed by atoms with Crippen LogP contribution in [-0.4, -0.2) is 34.2 Å². The van der Waals surface area contributed by atoms with Gasteiger partial charge in [0, 0.05) is 30.5 Å². The third-order valence-electron chi connectivity index (χ3n) is 3.81. The molecule has 0 unspecified atom stereocenters. The van der Waals surface area contributed by atoms with E-state index in [0.29, 0.717) is 6.54 Å². The highest BCUT2D eigenvalue weighted by molar-refractivity contribution is 7.13. The van der Waals surface area contributed by atoms with Crippen molar-refractivity contribution in [2.24, 2.45) is 0 Å². The molecule has 0 spiro atoms. The first-order chi connectivity index (χ1) is 11.8. The van der Waals surface area contributed by atoms with Crippen LogP contribution in [0.25, 0.3) is 10.6 Å². The fourth-order valence-electron chi connectivity index (χ4n) is 2.68. The smallest absolute Gasteiger partial charge is 0.289 e. The number of benzene rings is 1. The van der Waals surface area contributed by atoms with E-state index in [1.807, 2.05) is 35.7 Å². The number of thiazole rings is 1. The van der Waals surface area contributed by atoms with Gasteiger partial charge in [-0.15, -0.1) is 11.3 Å². The molecule has 1 aromatic heterocycles. The molecule has 1 aromatic carbocycles. The second-order valence-electron chi connectivity index (χ2n) is 6.68. The van der Waals surface area contributed by atoms with E-state index in [2.05, 4.69) is 4.98 Å². The zero-order valence-corrected chi connectivity index (χ0v) is 15.3. The van der Waals surface area contributed by atoms with Gasteiger partial charge in [0.05, 0.1) is 12.2 Å². The molecule has 2 heterocycles. The normalized spacial score (nSPS) is 16.1. The average Bonchev–Trinajstić information content (AvgIpc) is 3.01. The van der Waals surface area contributed by atoms with Crippen LogP contribution in [0.5, 0.6) is 0 Å². The second-order valence-corrected chi connectivity index (χ2v) is 7.54. The minimum absolute atomic E-state index is 0.0898. The molecule has 2 aromatic rings. The van der Waals surface area contributed by atoms with Crippen molar-refractivity contribution in [2.75, 3.05) is 7.05 Å². The lowest BCUT2D eigenvalue weighted by atomic mass is 9.98. The summed E-state index contributed by atoms with van der Waals surface area (Å²) in [7, 11) is 1.68. The Bertz CT molecular complexity index is 824. The number of hydrogen-bond acceptors (Lipinski definition) is 5. The Labute approximate surface area is 150 Å². The number of likely N-dealkylation sites (N-methyl/N-ethyl adjacent to an activating group) is 1. The molecule has 1 aliphatic rings. The standard InChI is InChI=1S/C19H20N2O3S/c1-19(2)10-15(22)9-16(24-19)18(23)21(3)11-14-12-25-17(20-14)13-7-5-4-6-8-13/h4-9,12H,10-11H2,1-3H3. The van der Waals surface area contributed by atoms with Crippen molar-refractivity contribution >= 4 is 23.0 Å². The van der Waals surface area contributed by atoms with Gasteiger partial charge in [-0.05, 0) is 13.8 Å². The number of carbonyl (C=O) groups excluding carboxylic acids is 2. The van der Waals surface area contributed by atoms with Crippen LogP contribution in [0.4, 0.5) is 0 Å². The number of allylic oxidation sites excluding steroid dienone is 1. The minimum atomic E-state index is -0.654. The maximum Gasteiger partial charge on any atom is 0.289 e. The lowest BCUT2D eigenvalue weighted by Gasteiger charge is -2.31. The molecule has 0 bridgehead atoms. The molecule has 130 valence electrons. The summed E-state index contributed by atoms with van der Waals surface area (Å²) in [6.07, 6.45) is 1.57. The van der Waals surface area contributed by atoms with Gasteiger partial charge in [0.25, 0.3) is 5.91 Å². The number of amides is 1. The highest BCUT2D eigenvalue weighted by Crippen LogP contribution is 2.27. The minimum Gasteiger partial charge on any atom is -0.481 e. The zero-order valence-electron chi connectivity index (χ0n) is 14.5. The molecule has 1 aliphatic heterocycles. The maximum absolute atomic E-state index is 12.6. The third kappa shape index (κ3) is 4.14. The van der Waals surface area contributed by atoms with Crippen LogP contribution in [0.15, 0.2) is 47.5 Å². The van der Waals surface area contributed by atoms with Gasteiger partial charge in [-0.1, -0.05) is 30.3 Å². The number of ether oxygens (including phenoxy) is 1. The Hall–Kier alpha value is -2.47. The summed E-state index contributed by atoms with van der Waals surface area (Å²) in [4.78, 5) is 30.5.